The van der Waals surface area contributed by atoms with Gasteiger partial charge in [-0.3, -0.25) is 0 Å². The molecule has 1 aliphatic rings. The monoisotopic (exact) mass is 246 g/mol. The van der Waals surface area contributed by atoms with E-state index in [1.54, 1.807) is 0 Å². The van der Waals surface area contributed by atoms with Gasteiger partial charge in [-0.15, -0.1) is 0 Å². The van der Waals surface area contributed by atoms with Gasteiger partial charge in [-0.05, 0) is 18.9 Å². The van der Waals surface area contributed by atoms with Gasteiger partial charge < -0.3 is 24.8 Å². The lowest BCUT2D eigenvalue weighted by atomic mass is 10.1. The predicted octanol–water partition coefficient (Wildman–Crippen LogP) is 0.238. The molecule has 1 aliphatic heterocycles. The largest absolute Gasteiger partial charge is 0.475 e. The number of rotatable bonds is 5. The Morgan fingerprint density at radius 3 is 2.53 bits per heavy atom. The number of carboxylic acid groups (broad SMARTS) is 1. The molecule has 3 atom stereocenters. The maximum absolute atomic E-state index is 10.7. The highest BCUT2D eigenvalue weighted by molar-refractivity contribution is 5.84. The molecule has 17 heavy (non-hydrogen) atoms. The standard InChI is InChI=1S/C11H18O6/c1-3-6(4-2)16-11-9(13)7(12)5-8(17-11)10(14)15/h5-7,9,11-13H,3-4H2,1-2H3,(H,14,15)/t7-,9+,11+/m0/s1. The van der Waals surface area contributed by atoms with E-state index >= 15 is 0 Å². The van der Waals surface area contributed by atoms with Gasteiger partial charge in [-0.25, -0.2) is 4.79 Å². The van der Waals surface area contributed by atoms with Crippen LogP contribution in [0, 0.1) is 0 Å². The molecule has 0 fully saturated rings. The zero-order chi connectivity index (χ0) is 13.0. The lowest BCUT2D eigenvalue weighted by molar-refractivity contribution is -0.225. The maximum Gasteiger partial charge on any atom is 0.371 e. The molecule has 6 heteroatoms. The van der Waals surface area contributed by atoms with E-state index in [4.69, 9.17) is 14.6 Å². The fourth-order valence-corrected chi connectivity index (χ4v) is 1.55. The minimum Gasteiger partial charge on any atom is -0.475 e. The van der Waals surface area contributed by atoms with E-state index in [0.717, 1.165) is 6.08 Å². The van der Waals surface area contributed by atoms with Crippen LogP contribution in [0.1, 0.15) is 26.7 Å². The van der Waals surface area contributed by atoms with Crippen LogP contribution in [0.3, 0.4) is 0 Å². The van der Waals surface area contributed by atoms with Crippen molar-refractivity contribution in [3.63, 3.8) is 0 Å². The molecule has 0 aromatic carbocycles. The van der Waals surface area contributed by atoms with E-state index in [0.29, 0.717) is 12.8 Å². The van der Waals surface area contributed by atoms with Crippen molar-refractivity contribution in [3.05, 3.63) is 11.8 Å². The van der Waals surface area contributed by atoms with Crippen LogP contribution in [-0.2, 0) is 14.3 Å². The first kappa shape index (κ1) is 14.0. The van der Waals surface area contributed by atoms with E-state index in [-0.39, 0.29) is 6.10 Å². The van der Waals surface area contributed by atoms with Crippen molar-refractivity contribution < 1.29 is 29.6 Å². The number of carboxylic acids is 1. The third kappa shape index (κ3) is 3.42. The zero-order valence-corrected chi connectivity index (χ0v) is 9.87. The van der Waals surface area contributed by atoms with Gasteiger partial charge in [0.2, 0.25) is 12.0 Å². The first-order valence-corrected chi connectivity index (χ1v) is 5.62. The van der Waals surface area contributed by atoms with Crippen LogP contribution < -0.4 is 0 Å². The van der Waals surface area contributed by atoms with Crippen molar-refractivity contribution in [3.8, 4) is 0 Å². The predicted molar refractivity (Wildman–Crippen MR) is 58.1 cm³/mol. The number of carbonyl (C=O) groups is 1. The van der Waals surface area contributed by atoms with Gasteiger partial charge in [-0.2, -0.15) is 0 Å². The number of hydrogen-bond donors (Lipinski definition) is 3. The Morgan fingerprint density at radius 2 is 2.06 bits per heavy atom. The molecule has 0 radical (unpaired) electrons. The first-order chi connectivity index (χ1) is 7.99. The summed E-state index contributed by atoms with van der Waals surface area (Å²) in [7, 11) is 0. The Labute approximate surface area is 99.5 Å². The lowest BCUT2D eigenvalue weighted by Gasteiger charge is -2.32. The van der Waals surface area contributed by atoms with Crippen LogP contribution in [0.5, 0.6) is 0 Å². The highest BCUT2D eigenvalue weighted by Crippen LogP contribution is 2.22. The summed E-state index contributed by atoms with van der Waals surface area (Å²) in [5.74, 6) is -1.70. The molecule has 3 N–H and O–H groups in total. The van der Waals surface area contributed by atoms with Gasteiger partial charge >= 0.3 is 5.97 Å². The number of ether oxygens (including phenoxy) is 2. The van der Waals surface area contributed by atoms with Crippen LogP contribution in [0.25, 0.3) is 0 Å². The van der Waals surface area contributed by atoms with Gasteiger partial charge in [0.25, 0.3) is 0 Å². The molecule has 0 spiro atoms. The molecule has 6 nitrogen and oxygen atoms in total. The van der Waals surface area contributed by atoms with Crippen molar-refractivity contribution in [1.29, 1.82) is 0 Å². The quantitative estimate of drug-likeness (QED) is 0.643. The SMILES string of the molecule is CCC(CC)O[C@@H]1OC(C(=O)O)=C[C@H](O)[C@H]1O. The average molecular weight is 246 g/mol. The summed E-state index contributed by atoms with van der Waals surface area (Å²) in [5.41, 5.74) is 0. The molecule has 0 aromatic rings. The Kier molecular flexibility index (Phi) is 4.92. The molecular formula is C11H18O6. The minimum absolute atomic E-state index is 0.144. The maximum atomic E-state index is 10.7. The van der Waals surface area contributed by atoms with E-state index in [1.165, 1.54) is 0 Å². The molecule has 1 heterocycles. The molecule has 0 amide bonds. The highest BCUT2D eigenvalue weighted by atomic mass is 16.7. The smallest absolute Gasteiger partial charge is 0.371 e. The second-order valence-corrected chi connectivity index (χ2v) is 3.88. The normalized spacial score (nSPS) is 28.8. The topological polar surface area (TPSA) is 96.2 Å². The van der Waals surface area contributed by atoms with E-state index in [1.807, 2.05) is 13.8 Å². The third-order valence-electron chi connectivity index (χ3n) is 2.64. The second-order valence-electron chi connectivity index (χ2n) is 3.88. The van der Waals surface area contributed by atoms with Gasteiger partial charge in [0.05, 0.1) is 6.10 Å². The Balaban J connectivity index is 2.73. The molecule has 98 valence electrons. The number of aliphatic hydroxyl groups excluding tert-OH is 2. The van der Waals surface area contributed by atoms with E-state index in [2.05, 4.69) is 0 Å². The third-order valence-corrected chi connectivity index (χ3v) is 2.64. The Morgan fingerprint density at radius 1 is 1.47 bits per heavy atom. The lowest BCUT2D eigenvalue weighted by Crippen LogP contribution is -2.45. The van der Waals surface area contributed by atoms with Crippen LogP contribution >= 0.6 is 0 Å². The van der Waals surface area contributed by atoms with Crippen molar-refractivity contribution in [1.82, 2.24) is 0 Å². The fourth-order valence-electron chi connectivity index (χ4n) is 1.55. The van der Waals surface area contributed by atoms with Crippen LogP contribution in [0.2, 0.25) is 0 Å². The number of hydrogen-bond acceptors (Lipinski definition) is 5. The molecule has 1 rings (SSSR count). The van der Waals surface area contributed by atoms with Crippen molar-refractivity contribution in [2.24, 2.45) is 0 Å². The van der Waals surface area contributed by atoms with E-state index in [9.17, 15) is 15.0 Å². The first-order valence-electron chi connectivity index (χ1n) is 5.62. The van der Waals surface area contributed by atoms with Crippen LogP contribution in [0.4, 0.5) is 0 Å². The van der Waals surface area contributed by atoms with Gasteiger partial charge in [0.15, 0.2) is 0 Å². The molecule has 0 aliphatic carbocycles. The molecule has 0 saturated heterocycles. The minimum atomic E-state index is -1.30. The Hall–Kier alpha value is -1.11. The van der Waals surface area contributed by atoms with Crippen molar-refractivity contribution in [2.45, 2.75) is 51.3 Å². The molecule has 0 unspecified atom stereocenters. The summed E-state index contributed by atoms with van der Waals surface area (Å²) >= 11 is 0. The van der Waals surface area contributed by atoms with Crippen molar-refractivity contribution in [2.75, 3.05) is 0 Å². The number of aliphatic hydroxyl groups is 2. The van der Waals surface area contributed by atoms with E-state index < -0.39 is 30.2 Å². The van der Waals surface area contributed by atoms with Crippen molar-refractivity contribution >= 4 is 5.97 Å². The zero-order valence-electron chi connectivity index (χ0n) is 9.87. The highest BCUT2D eigenvalue weighted by Gasteiger charge is 2.36. The van der Waals surface area contributed by atoms with Gasteiger partial charge in [0, 0.05) is 0 Å². The summed E-state index contributed by atoms with van der Waals surface area (Å²) in [6.07, 6.45) is -1.48. The summed E-state index contributed by atoms with van der Waals surface area (Å²) in [6, 6.07) is 0. The summed E-state index contributed by atoms with van der Waals surface area (Å²) in [4.78, 5) is 10.7. The molecular weight excluding hydrogens is 228 g/mol. The summed E-state index contributed by atoms with van der Waals surface area (Å²) in [5, 5.41) is 27.9. The summed E-state index contributed by atoms with van der Waals surface area (Å²) in [6.45, 7) is 3.82. The molecule has 0 bridgehead atoms. The summed E-state index contributed by atoms with van der Waals surface area (Å²) < 4.78 is 10.4. The molecule has 0 saturated carbocycles. The fraction of sp³-hybridized carbons (Fsp3) is 0.727. The van der Waals surface area contributed by atoms with Gasteiger partial charge in [0.1, 0.15) is 12.2 Å². The van der Waals surface area contributed by atoms with Gasteiger partial charge in [-0.1, -0.05) is 13.8 Å². The second kappa shape index (κ2) is 6.00. The average Bonchev–Trinajstić information content (AvgIpc) is 2.30. The number of aliphatic carboxylic acids is 1. The van der Waals surface area contributed by atoms with Crippen LogP contribution in [-0.4, -0.2) is 45.9 Å². The van der Waals surface area contributed by atoms with Crippen LogP contribution in [0.15, 0.2) is 11.8 Å². The Bertz CT molecular complexity index is 296. The molecule has 0 aromatic heterocycles.